The Kier molecular flexibility index (Phi) is 3.35. The molecule has 0 atom stereocenters. The molecule has 3 amide bonds. The van der Waals surface area contributed by atoms with Gasteiger partial charge >= 0.3 is 0 Å². The Morgan fingerprint density at radius 2 is 1.79 bits per heavy atom. The van der Waals surface area contributed by atoms with Crippen molar-refractivity contribution in [3.8, 4) is 0 Å². The molecule has 1 N–H and O–H groups in total. The van der Waals surface area contributed by atoms with E-state index < -0.39 is 17.7 Å². The van der Waals surface area contributed by atoms with E-state index in [1.807, 2.05) is 6.07 Å². The van der Waals surface area contributed by atoms with Gasteiger partial charge in [0.25, 0.3) is 11.8 Å². The van der Waals surface area contributed by atoms with Crippen molar-refractivity contribution >= 4 is 45.0 Å². The van der Waals surface area contributed by atoms with E-state index in [1.54, 1.807) is 41.9 Å². The van der Waals surface area contributed by atoms with Crippen LogP contribution in [0.25, 0.3) is 10.2 Å². The highest BCUT2D eigenvalue weighted by atomic mass is 32.1. The number of thiazole rings is 1. The molecule has 2 aromatic carbocycles. The van der Waals surface area contributed by atoms with Crippen molar-refractivity contribution in [1.29, 1.82) is 0 Å². The summed E-state index contributed by atoms with van der Waals surface area (Å²) >= 11 is 1.51. The summed E-state index contributed by atoms with van der Waals surface area (Å²) in [5.41, 5.74) is 3.77. The van der Waals surface area contributed by atoms with Gasteiger partial charge < -0.3 is 5.32 Å². The van der Waals surface area contributed by atoms with Gasteiger partial charge in [-0.1, -0.05) is 12.1 Å². The van der Waals surface area contributed by atoms with Crippen LogP contribution in [0.2, 0.25) is 0 Å². The van der Waals surface area contributed by atoms with Gasteiger partial charge in [0, 0.05) is 5.69 Å². The Balaban J connectivity index is 1.50. The van der Waals surface area contributed by atoms with E-state index in [2.05, 4.69) is 10.3 Å². The monoisotopic (exact) mass is 337 g/mol. The first-order valence-corrected chi connectivity index (χ1v) is 8.10. The standard InChI is InChI=1S/C17H11N3O3S/c21-15(19-10-5-6-14-13(7-10)18-9-24-14)8-20-16(22)11-3-1-2-4-12(11)17(20)23/h1-7,9H,8H2,(H,19,21). The molecule has 0 aliphatic carbocycles. The molecular weight excluding hydrogens is 326 g/mol. The van der Waals surface area contributed by atoms with E-state index in [4.69, 9.17) is 0 Å². The normalized spacial score (nSPS) is 13.4. The van der Waals surface area contributed by atoms with E-state index in [0.717, 1.165) is 15.1 Å². The van der Waals surface area contributed by atoms with Gasteiger partial charge in [-0.3, -0.25) is 19.3 Å². The predicted molar refractivity (Wildman–Crippen MR) is 90.1 cm³/mol. The number of hydrogen-bond acceptors (Lipinski definition) is 5. The topological polar surface area (TPSA) is 79.4 Å². The summed E-state index contributed by atoms with van der Waals surface area (Å²) in [5, 5.41) is 2.70. The molecule has 0 saturated heterocycles. The van der Waals surface area contributed by atoms with Crippen molar-refractivity contribution in [2.45, 2.75) is 0 Å². The van der Waals surface area contributed by atoms with Crippen LogP contribution in [0.15, 0.2) is 48.0 Å². The molecule has 0 fully saturated rings. The van der Waals surface area contributed by atoms with Crippen LogP contribution in [0.5, 0.6) is 0 Å². The smallest absolute Gasteiger partial charge is 0.262 e. The lowest BCUT2D eigenvalue weighted by Gasteiger charge is -2.13. The number of anilines is 1. The quantitative estimate of drug-likeness (QED) is 0.745. The van der Waals surface area contributed by atoms with Crippen LogP contribution in [0, 0.1) is 0 Å². The predicted octanol–water partition coefficient (Wildman–Crippen LogP) is 2.53. The summed E-state index contributed by atoms with van der Waals surface area (Å²) in [6.07, 6.45) is 0. The van der Waals surface area contributed by atoms with Gasteiger partial charge in [0.2, 0.25) is 5.91 Å². The highest BCUT2D eigenvalue weighted by molar-refractivity contribution is 7.16. The second-order valence-electron chi connectivity index (χ2n) is 5.33. The fourth-order valence-electron chi connectivity index (χ4n) is 2.66. The Labute approximate surface area is 140 Å². The minimum atomic E-state index is -0.444. The Bertz CT molecular complexity index is 960. The molecule has 1 aromatic heterocycles. The van der Waals surface area contributed by atoms with Crippen LogP contribution in [0.3, 0.4) is 0 Å². The van der Waals surface area contributed by atoms with Crippen molar-refractivity contribution in [3.63, 3.8) is 0 Å². The van der Waals surface area contributed by atoms with Gasteiger partial charge in [-0.2, -0.15) is 0 Å². The SMILES string of the molecule is O=C(CN1C(=O)c2ccccc2C1=O)Nc1ccc2scnc2c1. The van der Waals surface area contributed by atoms with Gasteiger partial charge in [-0.05, 0) is 30.3 Å². The van der Waals surface area contributed by atoms with E-state index in [-0.39, 0.29) is 6.54 Å². The summed E-state index contributed by atoms with van der Waals surface area (Å²) in [6, 6.07) is 11.9. The zero-order valence-electron chi connectivity index (χ0n) is 12.4. The largest absolute Gasteiger partial charge is 0.324 e. The summed E-state index contributed by atoms with van der Waals surface area (Å²) in [4.78, 5) is 41.9. The summed E-state index contributed by atoms with van der Waals surface area (Å²) < 4.78 is 1.02. The first kappa shape index (κ1) is 14.5. The highest BCUT2D eigenvalue weighted by Crippen LogP contribution is 2.23. The second-order valence-corrected chi connectivity index (χ2v) is 6.21. The third kappa shape index (κ3) is 2.35. The molecule has 0 bridgehead atoms. The van der Waals surface area contributed by atoms with Crippen molar-refractivity contribution in [2.24, 2.45) is 0 Å². The average molecular weight is 337 g/mol. The number of rotatable bonds is 3. The molecule has 0 radical (unpaired) electrons. The van der Waals surface area contributed by atoms with Gasteiger partial charge in [-0.25, -0.2) is 4.98 Å². The van der Waals surface area contributed by atoms with Crippen molar-refractivity contribution in [1.82, 2.24) is 9.88 Å². The average Bonchev–Trinajstić information content (AvgIpc) is 3.14. The zero-order chi connectivity index (χ0) is 16.7. The van der Waals surface area contributed by atoms with Gasteiger partial charge in [0.1, 0.15) is 6.54 Å². The number of imide groups is 1. The Morgan fingerprint density at radius 1 is 1.08 bits per heavy atom. The third-order valence-electron chi connectivity index (χ3n) is 3.79. The van der Waals surface area contributed by atoms with Crippen molar-refractivity contribution < 1.29 is 14.4 Å². The fraction of sp³-hybridized carbons (Fsp3) is 0.0588. The Hall–Kier alpha value is -3.06. The van der Waals surface area contributed by atoms with Crippen LogP contribution in [0.4, 0.5) is 5.69 Å². The van der Waals surface area contributed by atoms with Gasteiger partial charge in [0.05, 0.1) is 26.9 Å². The molecule has 2 heterocycles. The highest BCUT2D eigenvalue weighted by Gasteiger charge is 2.36. The van der Waals surface area contributed by atoms with Gasteiger partial charge in [0.15, 0.2) is 0 Å². The molecule has 3 aromatic rings. The number of amides is 3. The maximum Gasteiger partial charge on any atom is 0.262 e. The molecule has 0 unspecified atom stereocenters. The van der Waals surface area contributed by atoms with Crippen molar-refractivity contribution in [3.05, 3.63) is 59.1 Å². The number of nitrogens with zero attached hydrogens (tertiary/aromatic N) is 2. The van der Waals surface area contributed by atoms with E-state index in [1.165, 1.54) is 11.3 Å². The van der Waals surface area contributed by atoms with Crippen LogP contribution < -0.4 is 5.32 Å². The minimum Gasteiger partial charge on any atom is -0.324 e. The first-order chi connectivity index (χ1) is 11.6. The maximum atomic E-state index is 12.3. The van der Waals surface area contributed by atoms with Crippen LogP contribution in [-0.4, -0.2) is 34.2 Å². The molecule has 4 rings (SSSR count). The molecule has 7 heteroatoms. The molecule has 24 heavy (non-hydrogen) atoms. The lowest BCUT2D eigenvalue weighted by molar-refractivity contribution is -0.116. The lowest BCUT2D eigenvalue weighted by Crippen LogP contribution is -2.37. The van der Waals surface area contributed by atoms with E-state index in [9.17, 15) is 14.4 Å². The summed E-state index contributed by atoms with van der Waals surface area (Å²) in [7, 11) is 0. The van der Waals surface area contributed by atoms with Crippen LogP contribution >= 0.6 is 11.3 Å². The van der Waals surface area contributed by atoms with E-state index in [0.29, 0.717) is 16.8 Å². The third-order valence-corrected chi connectivity index (χ3v) is 4.60. The van der Waals surface area contributed by atoms with E-state index >= 15 is 0 Å². The number of carbonyl (C=O) groups is 3. The molecule has 118 valence electrons. The number of benzene rings is 2. The minimum absolute atomic E-state index is 0.318. The number of aromatic nitrogens is 1. The van der Waals surface area contributed by atoms with Crippen LogP contribution in [-0.2, 0) is 4.79 Å². The molecule has 1 aliphatic heterocycles. The summed E-state index contributed by atoms with van der Waals surface area (Å²) in [5.74, 6) is -1.32. The summed E-state index contributed by atoms with van der Waals surface area (Å²) in [6.45, 7) is -0.318. The fourth-order valence-corrected chi connectivity index (χ4v) is 3.32. The molecule has 6 nitrogen and oxygen atoms in total. The molecular formula is C17H11N3O3S. The van der Waals surface area contributed by atoms with Crippen molar-refractivity contribution in [2.75, 3.05) is 11.9 Å². The lowest BCUT2D eigenvalue weighted by atomic mass is 10.1. The molecule has 1 aliphatic rings. The zero-order valence-corrected chi connectivity index (χ0v) is 13.2. The molecule has 0 saturated carbocycles. The maximum absolute atomic E-state index is 12.3. The number of hydrogen-bond donors (Lipinski definition) is 1. The number of carbonyl (C=O) groups excluding carboxylic acids is 3. The number of fused-ring (bicyclic) bond motifs is 2. The van der Waals surface area contributed by atoms with Crippen LogP contribution in [0.1, 0.15) is 20.7 Å². The Morgan fingerprint density at radius 3 is 2.50 bits per heavy atom. The van der Waals surface area contributed by atoms with Gasteiger partial charge in [-0.15, -0.1) is 11.3 Å². The molecule has 0 spiro atoms. The second kappa shape index (κ2) is 5.54. The first-order valence-electron chi connectivity index (χ1n) is 7.22. The number of nitrogens with one attached hydrogen (secondary N) is 1.